The highest BCUT2D eigenvalue weighted by atomic mass is 19.2. The second kappa shape index (κ2) is 9.84. The van der Waals surface area contributed by atoms with Crippen LogP contribution < -0.4 is 4.74 Å². The Morgan fingerprint density at radius 3 is 2.35 bits per heavy atom. The molecule has 0 heterocycles. The lowest BCUT2D eigenvalue weighted by Gasteiger charge is -2.35. The smallest absolute Gasteiger partial charge is 0.343 e. The second-order valence-electron chi connectivity index (χ2n) is 8.74. The minimum Gasteiger partial charge on any atom is -0.423 e. The maximum Gasteiger partial charge on any atom is 0.343 e. The van der Waals surface area contributed by atoms with Crippen LogP contribution in [0.5, 0.6) is 5.75 Å². The van der Waals surface area contributed by atoms with E-state index in [1.165, 1.54) is 48.5 Å². The number of nitrogens with zero attached hydrogens (tertiary/aromatic N) is 1. The number of carbonyl (C=O) groups is 1. The molecule has 176 valence electrons. The van der Waals surface area contributed by atoms with E-state index >= 15 is 0 Å². The van der Waals surface area contributed by atoms with Crippen molar-refractivity contribution >= 4 is 16.7 Å². The van der Waals surface area contributed by atoms with E-state index in [0.29, 0.717) is 18.4 Å². The zero-order valence-corrected chi connectivity index (χ0v) is 18.5. The van der Waals surface area contributed by atoms with Crippen LogP contribution in [-0.4, -0.2) is 18.3 Å². The first-order valence-electron chi connectivity index (χ1n) is 11.2. The highest BCUT2D eigenvalue weighted by Gasteiger charge is 2.39. The predicted octanol–water partition coefficient (Wildman–Crippen LogP) is 7.18. The molecule has 7 heteroatoms. The van der Waals surface area contributed by atoms with Crippen LogP contribution in [0.2, 0.25) is 0 Å². The average Bonchev–Trinajstić information content (AvgIpc) is 2.79. The fourth-order valence-electron chi connectivity index (χ4n) is 4.80. The summed E-state index contributed by atoms with van der Waals surface area (Å²) in [5, 5.41) is 9.04. The average molecular weight is 469 g/mol. The summed E-state index contributed by atoms with van der Waals surface area (Å²) in [5.74, 6) is -3.45. The number of hydrogen-bond acceptors (Lipinski definition) is 3. The van der Waals surface area contributed by atoms with Gasteiger partial charge in [-0.25, -0.2) is 22.4 Å². The SMILES string of the molecule is CCCC1CC(F)C(c2ccc(C(=O)Oc3ccc4c(F)c(C#N)c(F)cc4c3)cc2)C(F)C1. The fourth-order valence-corrected chi connectivity index (χ4v) is 4.80. The molecule has 1 fully saturated rings. The van der Waals surface area contributed by atoms with E-state index in [2.05, 4.69) is 0 Å². The van der Waals surface area contributed by atoms with Gasteiger partial charge in [0.2, 0.25) is 0 Å². The zero-order valence-electron chi connectivity index (χ0n) is 18.5. The van der Waals surface area contributed by atoms with Crippen molar-refractivity contribution < 1.29 is 27.1 Å². The van der Waals surface area contributed by atoms with Gasteiger partial charge in [0.25, 0.3) is 0 Å². The molecule has 0 aliphatic heterocycles. The first-order valence-corrected chi connectivity index (χ1v) is 11.2. The van der Waals surface area contributed by atoms with Crippen molar-refractivity contribution in [3.8, 4) is 11.8 Å². The Hall–Kier alpha value is -3.40. The molecule has 3 aromatic carbocycles. The molecule has 4 rings (SSSR count). The number of rotatable bonds is 5. The second-order valence-corrected chi connectivity index (χ2v) is 8.74. The number of benzene rings is 3. The largest absolute Gasteiger partial charge is 0.423 e. The monoisotopic (exact) mass is 469 g/mol. The van der Waals surface area contributed by atoms with Crippen molar-refractivity contribution in [3.63, 3.8) is 0 Å². The standard InChI is InChI=1S/C27H23F4NO2/c1-2-3-15-10-23(29)25(24(30)11-15)16-4-6-17(7-5-16)27(33)34-19-8-9-20-18(12-19)13-22(28)21(14-32)26(20)31/h4-9,12-13,15,23-25H,2-3,10-11H2,1H3. The van der Waals surface area contributed by atoms with Crippen LogP contribution in [0.25, 0.3) is 10.8 Å². The van der Waals surface area contributed by atoms with Crippen LogP contribution in [0, 0.1) is 28.9 Å². The van der Waals surface area contributed by atoms with Gasteiger partial charge in [-0.2, -0.15) is 5.26 Å². The van der Waals surface area contributed by atoms with Gasteiger partial charge < -0.3 is 4.74 Å². The molecule has 34 heavy (non-hydrogen) atoms. The maximum atomic E-state index is 14.7. The molecule has 1 aliphatic rings. The first-order chi connectivity index (χ1) is 16.3. The Kier molecular flexibility index (Phi) is 6.87. The molecule has 1 aliphatic carbocycles. The van der Waals surface area contributed by atoms with Gasteiger partial charge in [0.05, 0.1) is 5.56 Å². The molecule has 2 unspecified atom stereocenters. The molecule has 0 bridgehead atoms. The van der Waals surface area contributed by atoms with Crippen molar-refractivity contribution in [2.75, 3.05) is 0 Å². The molecular formula is C27H23F4NO2. The van der Waals surface area contributed by atoms with Gasteiger partial charge in [-0.1, -0.05) is 31.9 Å². The van der Waals surface area contributed by atoms with Crippen LogP contribution in [0.4, 0.5) is 17.6 Å². The maximum absolute atomic E-state index is 14.7. The Bertz CT molecular complexity index is 1240. The molecule has 3 aromatic rings. The van der Waals surface area contributed by atoms with E-state index in [1.54, 1.807) is 0 Å². The lowest BCUT2D eigenvalue weighted by Crippen LogP contribution is -2.33. The van der Waals surface area contributed by atoms with Gasteiger partial charge in [0.1, 0.15) is 35.5 Å². The van der Waals surface area contributed by atoms with E-state index < -0.39 is 41.4 Å². The molecule has 0 amide bonds. The van der Waals surface area contributed by atoms with Crippen molar-refractivity contribution in [3.05, 3.63) is 76.9 Å². The molecule has 0 saturated heterocycles. The summed E-state index contributed by atoms with van der Waals surface area (Å²) in [6.45, 7) is 2.00. The van der Waals surface area contributed by atoms with Gasteiger partial charge in [-0.3, -0.25) is 0 Å². The van der Waals surface area contributed by atoms with E-state index in [-0.39, 0.29) is 28.0 Å². The number of ether oxygens (including phenoxy) is 1. The van der Waals surface area contributed by atoms with Crippen molar-refractivity contribution in [2.24, 2.45) is 5.92 Å². The molecule has 1 saturated carbocycles. The van der Waals surface area contributed by atoms with E-state index in [9.17, 15) is 22.4 Å². The summed E-state index contributed by atoms with van der Waals surface area (Å²) in [7, 11) is 0. The van der Waals surface area contributed by atoms with Gasteiger partial charge in [0, 0.05) is 11.3 Å². The Balaban J connectivity index is 1.49. The number of alkyl halides is 2. The van der Waals surface area contributed by atoms with Crippen LogP contribution >= 0.6 is 0 Å². The summed E-state index contributed by atoms with van der Waals surface area (Å²) in [6, 6.07) is 12.4. The number of halogens is 4. The number of carbonyl (C=O) groups excluding carboxylic acids is 1. The van der Waals surface area contributed by atoms with E-state index in [1.807, 2.05) is 6.92 Å². The third kappa shape index (κ3) is 4.63. The zero-order chi connectivity index (χ0) is 24.4. The van der Waals surface area contributed by atoms with E-state index in [4.69, 9.17) is 10.00 Å². The van der Waals surface area contributed by atoms with Crippen LogP contribution in [0.3, 0.4) is 0 Å². The molecular weight excluding hydrogens is 446 g/mol. The number of esters is 1. The lowest BCUT2D eigenvalue weighted by atomic mass is 9.74. The topological polar surface area (TPSA) is 50.1 Å². The Morgan fingerprint density at radius 2 is 1.74 bits per heavy atom. The number of nitriles is 1. The highest BCUT2D eigenvalue weighted by Crippen LogP contribution is 2.41. The number of fused-ring (bicyclic) bond motifs is 1. The van der Waals surface area contributed by atoms with Gasteiger partial charge in [0.15, 0.2) is 5.82 Å². The number of hydrogen-bond donors (Lipinski definition) is 0. The third-order valence-electron chi connectivity index (χ3n) is 6.45. The van der Waals surface area contributed by atoms with Crippen LogP contribution in [-0.2, 0) is 0 Å². The van der Waals surface area contributed by atoms with Gasteiger partial charge in [-0.05, 0) is 66.1 Å². The van der Waals surface area contributed by atoms with Gasteiger partial charge in [-0.15, -0.1) is 0 Å². The van der Waals surface area contributed by atoms with Crippen molar-refractivity contribution in [2.45, 2.75) is 50.9 Å². The van der Waals surface area contributed by atoms with E-state index in [0.717, 1.165) is 18.9 Å². The van der Waals surface area contributed by atoms with Crippen molar-refractivity contribution in [1.29, 1.82) is 5.26 Å². The molecule has 0 N–H and O–H groups in total. The highest BCUT2D eigenvalue weighted by molar-refractivity contribution is 5.92. The lowest BCUT2D eigenvalue weighted by molar-refractivity contribution is 0.0735. The normalized spacial score (nSPS) is 22.4. The predicted molar refractivity (Wildman–Crippen MR) is 120 cm³/mol. The molecule has 0 spiro atoms. The fraction of sp³-hybridized carbons (Fsp3) is 0.333. The minimum absolute atomic E-state index is 0.0253. The molecule has 2 atom stereocenters. The van der Waals surface area contributed by atoms with Crippen LogP contribution in [0.15, 0.2) is 48.5 Å². The summed E-state index contributed by atoms with van der Waals surface area (Å²) in [5.41, 5.74) is -0.00908. The van der Waals surface area contributed by atoms with Crippen LogP contribution in [0.1, 0.15) is 60.0 Å². The Labute approximate surface area is 195 Å². The minimum atomic E-state index is -1.28. The van der Waals surface area contributed by atoms with Gasteiger partial charge >= 0.3 is 5.97 Å². The summed E-state index contributed by atoms with van der Waals surface area (Å²) >= 11 is 0. The summed E-state index contributed by atoms with van der Waals surface area (Å²) in [6.07, 6.45) is -0.181. The molecule has 3 nitrogen and oxygen atoms in total. The summed E-state index contributed by atoms with van der Waals surface area (Å²) < 4.78 is 63.0. The Morgan fingerprint density at radius 1 is 1.06 bits per heavy atom. The summed E-state index contributed by atoms with van der Waals surface area (Å²) in [4.78, 5) is 12.6. The molecule has 0 aromatic heterocycles. The van der Waals surface area contributed by atoms with Crippen molar-refractivity contribution in [1.82, 2.24) is 0 Å². The first kappa shape index (κ1) is 23.7. The third-order valence-corrected chi connectivity index (χ3v) is 6.45. The molecule has 0 radical (unpaired) electrons. The quantitative estimate of drug-likeness (QED) is 0.226.